The van der Waals surface area contributed by atoms with Gasteiger partial charge in [0, 0.05) is 11.4 Å². The van der Waals surface area contributed by atoms with Crippen molar-refractivity contribution in [1.29, 1.82) is 0 Å². The number of hydrogen-bond donors (Lipinski definition) is 2. The second kappa shape index (κ2) is 6.52. The van der Waals surface area contributed by atoms with E-state index in [2.05, 4.69) is 10.6 Å². The Morgan fingerprint density at radius 3 is 2.80 bits per heavy atom. The molecule has 0 atom stereocenters. The van der Waals surface area contributed by atoms with Crippen molar-refractivity contribution in [3.05, 3.63) is 51.5 Å². The van der Waals surface area contributed by atoms with Crippen LogP contribution in [0.5, 0.6) is 0 Å². The van der Waals surface area contributed by atoms with Crippen LogP contribution in [0.15, 0.2) is 29.6 Å². The molecule has 5 heteroatoms. The van der Waals surface area contributed by atoms with Crippen LogP contribution in [-0.4, -0.2) is 12.5 Å². The Balaban J connectivity index is 2.13. The zero-order chi connectivity index (χ0) is 14.5. The molecule has 0 radical (unpaired) electrons. The Hall–Kier alpha value is -1.88. The third kappa shape index (κ3) is 3.17. The van der Waals surface area contributed by atoms with Crippen LogP contribution in [0.2, 0.25) is 0 Å². The largest absolute Gasteiger partial charge is 0.382 e. The number of rotatable bonds is 5. The van der Waals surface area contributed by atoms with Gasteiger partial charge in [0.25, 0.3) is 5.91 Å². The van der Waals surface area contributed by atoms with Crippen LogP contribution in [0, 0.1) is 12.7 Å². The van der Waals surface area contributed by atoms with E-state index in [0.717, 1.165) is 10.4 Å². The zero-order valence-corrected chi connectivity index (χ0v) is 12.3. The summed E-state index contributed by atoms with van der Waals surface area (Å²) in [5.41, 5.74) is 1.75. The summed E-state index contributed by atoms with van der Waals surface area (Å²) in [7, 11) is 0. The highest BCUT2D eigenvalue weighted by Crippen LogP contribution is 2.20. The SMILES string of the molecule is CCNc1c(F)cccc1C(=O)NCc1sccc1C. The van der Waals surface area contributed by atoms with Gasteiger partial charge >= 0.3 is 0 Å². The first-order valence-corrected chi connectivity index (χ1v) is 7.35. The lowest BCUT2D eigenvalue weighted by Gasteiger charge is -2.11. The van der Waals surface area contributed by atoms with E-state index in [9.17, 15) is 9.18 Å². The Morgan fingerprint density at radius 2 is 2.15 bits per heavy atom. The van der Waals surface area contributed by atoms with E-state index < -0.39 is 5.82 Å². The van der Waals surface area contributed by atoms with Crippen molar-refractivity contribution < 1.29 is 9.18 Å². The minimum atomic E-state index is -0.410. The number of nitrogens with one attached hydrogen (secondary N) is 2. The summed E-state index contributed by atoms with van der Waals surface area (Å²) in [4.78, 5) is 13.3. The summed E-state index contributed by atoms with van der Waals surface area (Å²) >= 11 is 1.60. The number of para-hydroxylation sites is 1. The van der Waals surface area contributed by atoms with E-state index in [4.69, 9.17) is 0 Å². The number of carbonyl (C=O) groups is 1. The lowest BCUT2D eigenvalue weighted by molar-refractivity contribution is 0.0951. The van der Waals surface area contributed by atoms with Gasteiger partial charge in [0.15, 0.2) is 0 Å². The highest BCUT2D eigenvalue weighted by molar-refractivity contribution is 7.10. The van der Waals surface area contributed by atoms with E-state index in [0.29, 0.717) is 18.7 Å². The quantitative estimate of drug-likeness (QED) is 0.884. The van der Waals surface area contributed by atoms with Crippen LogP contribution in [0.1, 0.15) is 27.7 Å². The molecule has 0 saturated heterocycles. The summed E-state index contributed by atoms with van der Waals surface area (Å²) in [5, 5.41) is 7.72. The molecule has 20 heavy (non-hydrogen) atoms. The first kappa shape index (κ1) is 14.5. The van der Waals surface area contributed by atoms with E-state index in [1.165, 1.54) is 6.07 Å². The molecule has 0 spiro atoms. The van der Waals surface area contributed by atoms with Crippen LogP contribution in [0.3, 0.4) is 0 Å². The predicted octanol–water partition coefficient (Wildman–Crippen LogP) is 3.56. The Labute approximate surface area is 121 Å². The van der Waals surface area contributed by atoms with E-state index in [1.54, 1.807) is 23.5 Å². The highest BCUT2D eigenvalue weighted by atomic mass is 32.1. The Kier molecular flexibility index (Phi) is 4.74. The van der Waals surface area contributed by atoms with Gasteiger partial charge in [-0.2, -0.15) is 0 Å². The molecule has 0 saturated carbocycles. The number of benzene rings is 1. The third-order valence-electron chi connectivity index (χ3n) is 2.99. The molecule has 0 aliphatic carbocycles. The smallest absolute Gasteiger partial charge is 0.253 e. The van der Waals surface area contributed by atoms with Gasteiger partial charge in [-0.05, 0) is 43.0 Å². The van der Waals surface area contributed by atoms with Gasteiger partial charge in [-0.15, -0.1) is 11.3 Å². The van der Waals surface area contributed by atoms with Crippen molar-refractivity contribution in [2.45, 2.75) is 20.4 Å². The van der Waals surface area contributed by atoms with Crippen molar-refractivity contribution in [3.8, 4) is 0 Å². The topological polar surface area (TPSA) is 41.1 Å². The molecule has 1 aromatic carbocycles. The van der Waals surface area contributed by atoms with Crippen LogP contribution < -0.4 is 10.6 Å². The first-order chi connectivity index (χ1) is 9.63. The van der Waals surface area contributed by atoms with Gasteiger partial charge in [-0.1, -0.05) is 6.07 Å². The first-order valence-electron chi connectivity index (χ1n) is 6.47. The average Bonchev–Trinajstić information content (AvgIpc) is 2.84. The molecule has 2 rings (SSSR count). The van der Waals surface area contributed by atoms with Gasteiger partial charge in [-0.3, -0.25) is 4.79 Å². The second-order valence-corrected chi connectivity index (χ2v) is 5.40. The molecule has 0 unspecified atom stereocenters. The van der Waals surface area contributed by atoms with Gasteiger partial charge in [0.05, 0.1) is 17.8 Å². The van der Waals surface area contributed by atoms with Gasteiger partial charge in [-0.25, -0.2) is 4.39 Å². The lowest BCUT2D eigenvalue weighted by atomic mass is 10.1. The molecule has 0 aliphatic rings. The number of aryl methyl sites for hydroxylation is 1. The molecule has 0 aliphatic heterocycles. The number of halogens is 1. The fourth-order valence-corrected chi connectivity index (χ4v) is 2.76. The Bertz CT molecular complexity index is 610. The molecule has 2 N–H and O–H groups in total. The van der Waals surface area contributed by atoms with Gasteiger partial charge < -0.3 is 10.6 Å². The van der Waals surface area contributed by atoms with Crippen LogP contribution >= 0.6 is 11.3 Å². The molecular formula is C15H17FN2OS. The van der Waals surface area contributed by atoms with Crippen molar-refractivity contribution in [2.24, 2.45) is 0 Å². The molecule has 2 aromatic rings. The van der Waals surface area contributed by atoms with Crippen LogP contribution in [-0.2, 0) is 6.54 Å². The summed E-state index contributed by atoms with van der Waals surface area (Å²) in [6, 6.07) is 6.52. The number of amides is 1. The summed E-state index contributed by atoms with van der Waals surface area (Å²) in [6.07, 6.45) is 0. The third-order valence-corrected chi connectivity index (χ3v) is 4.01. The summed E-state index contributed by atoms with van der Waals surface area (Å²) in [5.74, 6) is -0.681. The van der Waals surface area contributed by atoms with Crippen LogP contribution in [0.25, 0.3) is 0 Å². The normalized spacial score (nSPS) is 10.3. The number of thiophene rings is 1. The maximum Gasteiger partial charge on any atom is 0.253 e. The minimum absolute atomic E-state index is 0.260. The molecular weight excluding hydrogens is 275 g/mol. The van der Waals surface area contributed by atoms with E-state index in [1.807, 2.05) is 25.3 Å². The molecule has 1 aromatic heterocycles. The standard InChI is InChI=1S/C15H17FN2OS/c1-3-17-14-11(5-4-6-12(14)16)15(19)18-9-13-10(2)7-8-20-13/h4-8,17H,3,9H2,1-2H3,(H,18,19). The minimum Gasteiger partial charge on any atom is -0.382 e. The predicted molar refractivity (Wildman–Crippen MR) is 80.8 cm³/mol. The molecule has 1 heterocycles. The lowest BCUT2D eigenvalue weighted by Crippen LogP contribution is -2.24. The summed E-state index contributed by atoms with van der Waals surface area (Å²) < 4.78 is 13.7. The highest BCUT2D eigenvalue weighted by Gasteiger charge is 2.14. The van der Waals surface area contributed by atoms with Crippen molar-refractivity contribution >= 4 is 22.9 Å². The van der Waals surface area contributed by atoms with Gasteiger partial charge in [0.2, 0.25) is 0 Å². The number of anilines is 1. The maximum absolute atomic E-state index is 13.7. The molecule has 106 valence electrons. The molecule has 1 amide bonds. The maximum atomic E-state index is 13.7. The van der Waals surface area contributed by atoms with E-state index >= 15 is 0 Å². The van der Waals surface area contributed by atoms with Crippen LogP contribution in [0.4, 0.5) is 10.1 Å². The number of hydrogen-bond acceptors (Lipinski definition) is 3. The number of carbonyl (C=O) groups excluding carboxylic acids is 1. The fourth-order valence-electron chi connectivity index (χ4n) is 1.91. The van der Waals surface area contributed by atoms with Crippen molar-refractivity contribution in [2.75, 3.05) is 11.9 Å². The summed E-state index contributed by atoms with van der Waals surface area (Å²) in [6.45, 7) is 4.89. The average molecular weight is 292 g/mol. The molecule has 0 fully saturated rings. The van der Waals surface area contributed by atoms with E-state index in [-0.39, 0.29) is 11.6 Å². The van der Waals surface area contributed by atoms with Crippen molar-refractivity contribution in [3.63, 3.8) is 0 Å². The Morgan fingerprint density at radius 1 is 1.35 bits per heavy atom. The van der Waals surface area contributed by atoms with Crippen molar-refractivity contribution in [1.82, 2.24) is 5.32 Å². The second-order valence-electron chi connectivity index (χ2n) is 4.40. The fraction of sp³-hybridized carbons (Fsp3) is 0.267. The van der Waals surface area contributed by atoms with Gasteiger partial charge in [0.1, 0.15) is 5.82 Å². The molecule has 3 nitrogen and oxygen atoms in total. The monoisotopic (exact) mass is 292 g/mol. The molecule has 0 bridgehead atoms. The zero-order valence-electron chi connectivity index (χ0n) is 11.5.